The van der Waals surface area contributed by atoms with E-state index in [2.05, 4.69) is 0 Å². The van der Waals surface area contributed by atoms with Gasteiger partial charge in [0.15, 0.2) is 9.84 Å². The van der Waals surface area contributed by atoms with Gasteiger partial charge in [-0.3, -0.25) is 0 Å². The molecule has 0 aliphatic heterocycles. The van der Waals surface area contributed by atoms with Gasteiger partial charge in [0.25, 0.3) is 0 Å². The maximum absolute atomic E-state index is 11.0. The topological polar surface area (TPSA) is 60.2 Å². The van der Waals surface area contributed by atoms with Gasteiger partial charge in [-0.05, 0) is 12.8 Å². The lowest BCUT2D eigenvalue weighted by Gasteiger charge is -2.20. The van der Waals surface area contributed by atoms with E-state index in [-0.39, 0.29) is 0 Å². The highest BCUT2D eigenvalue weighted by Crippen LogP contribution is 2.31. The Bertz CT molecular complexity index is 214. The summed E-state index contributed by atoms with van der Waals surface area (Å²) in [7, 11) is -3.02. The van der Waals surface area contributed by atoms with Crippen molar-refractivity contribution < 1.29 is 8.42 Å². The van der Waals surface area contributed by atoms with Gasteiger partial charge in [0, 0.05) is 6.26 Å². The molecule has 0 amide bonds. The molecule has 0 unspecified atom stereocenters. The molecule has 4 heteroatoms. The summed E-state index contributed by atoms with van der Waals surface area (Å²) in [6.07, 6.45) is 4.38. The zero-order valence-electron chi connectivity index (χ0n) is 6.13. The van der Waals surface area contributed by atoms with Crippen molar-refractivity contribution in [2.24, 2.45) is 5.73 Å². The van der Waals surface area contributed by atoms with Crippen molar-refractivity contribution in [1.82, 2.24) is 0 Å². The molecular formula is C6H13NO2S. The molecule has 1 aliphatic carbocycles. The zero-order valence-corrected chi connectivity index (χ0v) is 6.95. The first-order chi connectivity index (χ1) is 4.46. The van der Waals surface area contributed by atoms with Crippen LogP contribution in [-0.4, -0.2) is 19.5 Å². The Labute approximate surface area is 61.5 Å². The molecule has 3 nitrogen and oxygen atoms in total. The van der Waals surface area contributed by atoms with Crippen LogP contribution in [0.1, 0.15) is 25.7 Å². The molecule has 0 spiro atoms. The van der Waals surface area contributed by atoms with Gasteiger partial charge in [-0.2, -0.15) is 0 Å². The van der Waals surface area contributed by atoms with Crippen LogP contribution in [0.2, 0.25) is 0 Å². The van der Waals surface area contributed by atoms with Crippen molar-refractivity contribution >= 4 is 9.84 Å². The maximum atomic E-state index is 11.0. The summed E-state index contributed by atoms with van der Waals surface area (Å²) >= 11 is 0. The lowest BCUT2D eigenvalue weighted by Crippen LogP contribution is -2.44. The van der Waals surface area contributed by atoms with Crippen molar-refractivity contribution in [3.63, 3.8) is 0 Å². The van der Waals surface area contributed by atoms with Crippen molar-refractivity contribution in [3.8, 4) is 0 Å². The Morgan fingerprint density at radius 3 is 1.90 bits per heavy atom. The Hall–Kier alpha value is -0.0900. The molecule has 1 fully saturated rings. The second-order valence-corrected chi connectivity index (χ2v) is 5.40. The van der Waals surface area contributed by atoms with Gasteiger partial charge in [0.1, 0.15) is 4.87 Å². The first-order valence-corrected chi connectivity index (χ1v) is 5.33. The molecule has 10 heavy (non-hydrogen) atoms. The first kappa shape index (κ1) is 8.01. The predicted octanol–water partition coefficient (Wildman–Crippen LogP) is 0.260. The van der Waals surface area contributed by atoms with Crippen LogP contribution in [-0.2, 0) is 9.84 Å². The molecule has 0 aromatic rings. The Balaban J connectivity index is 2.88. The third-order valence-corrected chi connectivity index (χ3v) is 4.07. The third kappa shape index (κ3) is 1.18. The summed E-state index contributed by atoms with van der Waals surface area (Å²) in [6, 6.07) is 0. The molecule has 0 saturated heterocycles. The van der Waals surface area contributed by atoms with Crippen molar-refractivity contribution in [3.05, 3.63) is 0 Å². The zero-order chi connectivity index (χ0) is 7.83. The highest BCUT2D eigenvalue weighted by atomic mass is 32.2. The van der Waals surface area contributed by atoms with E-state index < -0.39 is 14.7 Å². The molecule has 0 heterocycles. The van der Waals surface area contributed by atoms with Crippen LogP contribution in [0.4, 0.5) is 0 Å². The van der Waals surface area contributed by atoms with Crippen LogP contribution < -0.4 is 5.73 Å². The molecule has 0 aromatic carbocycles. The van der Waals surface area contributed by atoms with Gasteiger partial charge in [0.2, 0.25) is 0 Å². The number of sulfone groups is 1. The van der Waals surface area contributed by atoms with Crippen LogP contribution in [0.5, 0.6) is 0 Å². The highest BCUT2D eigenvalue weighted by Gasteiger charge is 2.38. The van der Waals surface area contributed by atoms with Crippen molar-refractivity contribution in [2.75, 3.05) is 6.26 Å². The minimum atomic E-state index is -3.02. The molecule has 1 rings (SSSR count). The van der Waals surface area contributed by atoms with Crippen LogP contribution in [0.25, 0.3) is 0 Å². The van der Waals surface area contributed by atoms with E-state index in [1.54, 1.807) is 0 Å². The second kappa shape index (κ2) is 2.20. The minimum absolute atomic E-state index is 0.631. The van der Waals surface area contributed by atoms with Crippen LogP contribution in [0, 0.1) is 0 Å². The lowest BCUT2D eigenvalue weighted by molar-refractivity contribution is 0.526. The number of hydrogen-bond acceptors (Lipinski definition) is 3. The molecule has 60 valence electrons. The standard InChI is InChI=1S/C6H13NO2S/c1-10(8,9)6(7)4-2-3-5-6/h2-5,7H2,1H3. The van der Waals surface area contributed by atoms with Gasteiger partial charge < -0.3 is 5.73 Å². The van der Waals surface area contributed by atoms with E-state index in [0.29, 0.717) is 12.8 Å². The fourth-order valence-corrected chi connectivity index (χ4v) is 2.37. The lowest BCUT2D eigenvalue weighted by atomic mass is 10.3. The average Bonchev–Trinajstić information content (AvgIpc) is 2.13. The Morgan fingerprint density at radius 1 is 1.30 bits per heavy atom. The molecule has 2 N–H and O–H groups in total. The molecule has 1 aliphatic rings. The van der Waals surface area contributed by atoms with E-state index in [9.17, 15) is 8.42 Å². The predicted molar refractivity (Wildman–Crippen MR) is 40.2 cm³/mol. The molecule has 0 bridgehead atoms. The van der Waals surface area contributed by atoms with Crippen LogP contribution >= 0.6 is 0 Å². The van der Waals surface area contributed by atoms with Crippen LogP contribution in [0.15, 0.2) is 0 Å². The average molecular weight is 163 g/mol. The van der Waals surface area contributed by atoms with Gasteiger partial charge in [0.05, 0.1) is 0 Å². The SMILES string of the molecule is CS(=O)(=O)C1(N)CCCC1. The van der Waals surface area contributed by atoms with E-state index in [1.807, 2.05) is 0 Å². The van der Waals surface area contributed by atoms with E-state index in [4.69, 9.17) is 5.73 Å². The third-order valence-electron chi connectivity index (χ3n) is 2.19. The van der Waals surface area contributed by atoms with Crippen molar-refractivity contribution in [2.45, 2.75) is 30.6 Å². The summed E-state index contributed by atoms with van der Waals surface area (Å²) in [4.78, 5) is -0.896. The largest absolute Gasteiger partial charge is 0.313 e. The Morgan fingerprint density at radius 2 is 1.70 bits per heavy atom. The molecule has 0 radical (unpaired) electrons. The van der Waals surface area contributed by atoms with Crippen LogP contribution in [0.3, 0.4) is 0 Å². The maximum Gasteiger partial charge on any atom is 0.165 e. The summed E-state index contributed by atoms with van der Waals surface area (Å²) in [5.74, 6) is 0. The quantitative estimate of drug-likeness (QED) is 0.603. The number of hydrogen-bond donors (Lipinski definition) is 1. The first-order valence-electron chi connectivity index (χ1n) is 3.44. The van der Waals surface area contributed by atoms with Gasteiger partial charge in [-0.1, -0.05) is 12.8 Å². The molecule has 1 saturated carbocycles. The minimum Gasteiger partial charge on any atom is -0.313 e. The summed E-state index contributed by atoms with van der Waals surface area (Å²) in [5, 5.41) is 0. The van der Waals surface area contributed by atoms with Gasteiger partial charge in [-0.15, -0.1) is 0 Å². The summed E-state index contributed by atoms with van der Waals surface area (Å²) in [6.45, 7) is 0. The number of rotatable bonds is 1. The van der Waals surface area contributed by atoms with Crippen molar-refractivity contribution in [1.29, 1.82) is 0 Å². The summed E-state index contributed by atoms with van der Waals surface area (Å²) in [5.41, 5.74) is 5.65. The monoisotopic (exact) mass is 163 g/mol. The fraction of sp³-hybridized carbons (Fsp3) is 1.00. The van der Waals surface area contributed by atoms with E-state index >= 15 is 0 Å². The van der Waals surface area contributed by atoms with E-state index in [1.165, 1.54) is 6.26 Å². The number of nitrogens with two attached hydrogens (primary N) is 1. The molecule has 0 aromatic heterocycles. The normalized spacial score (nSPS) is 25.0. The molecule has 0 atom stereocenters. The van der Waals surface area contributed by atoms with Gasteiger partial charge in [-0.25, -0.2) is 8.42 Å². The fourth-order valence-electron chi connectivity index (χ4n) is 1.34. The molecular weight excluding hydrogens is 150 g/mol. The van der Waals surface area contributed by atoms with Gasteiger partial charge >= 0.3 is 0 Å². The second-order valence-electron chi connectivity index (χ2n) is 3.04. The highest BCUT2D eigenvalue weighted by molar-refractivity contribution is 7.92. The smallest absolute Gasteiger partial charge is 0.165 e. The Kier molecular flexibility index (Phi) is 1.76. The van der Waals surface area contributed by atoms with E-state index in [0.717, 1.165) is 12.8 Å². The summed E-state index contributed by atoms with van der Waals surface area (Å²) < 4.78 is 22.1.